The molecule has 1 fully saturated rings. The molecule has 1 amide bonds. The molecule has 1 aromatic heterocycles. The largest absolute Gasteiger partial charge is 0.514 e. The zero-order chi connectivity index (χ0) is 19.7. The lowest BCUT2D eigenvalue weighted by Gasteiger charge is -2.41. The molecule has 0 aliphatic carbocycles. The molecule has 1 N–H and O–H groups in total. The number of nitrogens with one attached hydrogen (secondary N) is 1. The first-order chi connectivity index (χ1) is 12.8. The Labute approximate surface area is 157 Å². The first-order valence-electron chi connectivity index (χ1n) is 9.09. The molecule has 1 aromatic rings. The number of rotatable bonds is 4. The van der Waals surface area contributed by atoms with Crippen molar-refractivity contribution in [3.05, 3.63) is 28.2 Å². The lowest BCUT2D eigenvalue weighted by molar-refractivity contribution is -0.00391. The van der Waals surface area contributed by atoms with Crippen molar-refractivity contribution in [2.45, 2.75) is 40.0 Å². The number of morpholine rings is 1. The lowest BCUT2D eigenvalue weighted by atomic mass is 9.96. The maximum atomic E-state index is 12.9. The second-order valence-electron chi connectivity index (χ2n) is 7.37. The third-order valence-electron chi connectivity index (χ3n) is 4.67. The minimum atomic E-state index is -0.995. The van der Waals surface area contributed by atoms with Crippen LogP contribution in [-0.2, 0) is 9.47 Å². The van der Waals surface area contributed by atoms with E-state index in [0.717, 1.165) is 0 Å². The molecular formula is C18H25N3O6. The summed E-state index contributed by atoms with van der Waals surface area (Å²) in [6.07, 6.45) is -0.264. The molecule has 1 unspecified atom stereocenters. The molecule has 1 saturated heterocycles. The van der Waals surface area contributed by atoms with Gasteiger partial charge in [0.15, 0.2) is 5.69 Å². The Kier molecular flexibility index (Phi) is 5.41. The van der Waals surface area contributed by atoms with E-state index in [1.165, 1.54) is 16.9 Å². The van der Waals surface area contributed by atoms with Gasteiger partial charge in [-0.05, 0) is 11.8 Å². The van der Waals surface area contributed by atoms with Crippen LogP contribution in [0.5, 0.6) is 5.75 Å². The summed E-state index contributed by atoms with van der Waals surface area (Å²) in [4.78, 5) is 39.1. The van der Waals surface area contributed by atoms with Crippen LogP contribution < -0.4 is 15.6 Å². The molecule has 27 heavy (non-hydrogen) atoms. The molecule has 2 aliphatic rings. The molecule has 3 heterocycles. The number of ether oxygens (including phenoxy) is 3. The smallest absolute Gasteiger partial charge is 0.430 e. The van der Waals surface area contributed by atoms with Gasteiger partial charge in [0.25, 0.3) is 5.91 Å². The Morgan fingerprint density at radius 3 is 2.63 bits per heavy atom. The second kappa shape index (κ2) is 7.59. The van der Waals surface area contributed by atoms with E-state index in [-0.39, 0.29) is 35.5 Å². The number of pyridine rings is 1. The van der Waals surface area contributed by atoms with Crippen molar-refractivity contribution in [1.29, 1.82) is 0 Å². The number of carbonyl (C=O) groups is 2. The van der Waals surface area contributed by atoms with Crippen molar-refractivity contribution in [2.24, 2.45) is 11.8 Å². The van der Waals surface area contributed by atoms with Crippen molar-refractivity contribution >= 4 is 12.1 Å². The van der Waals surface area contributed by atoms with E-state index < -0.39 is 17.5 Å². The summed E-state index contributed by atoms with van der Waals surface area (Å²) in [6.45, 7) is 8.86. The van der Waals surface area contributed by atoms with Crippen molar-refractivity contribution in [2.75, 3.05) is 25.2 Å². The van der Waals surface area contributed by atoms with Gasteiger partial charge in [-0.2, -0.15) is 0 Å². The van der Waals surface area contributed by atoms with Crippen LogP contribution in [0.4, 0.5) is 4.79 Å². The van der Waals surface area contributed by atoms with Crippen LogP contribution in [0.3, 0.4) is 0 Å². The van der Waals surface area contributed by atoms with Crippen LogP contribution in [0.15, 0.2) is 17.1 Å². The van der Waals surface area contributed by atoms with E-state index in [1.54, 1.807) is 4.90 Å². The van der Waals surface area contributed by atoms with Gasteiger partial charge in [0.05, 0.1) is 13.2 Å². The number of amides is 1. The van der Waals surface area contributed by atoms with Gasteiger partial charge in [0.1, 0.15) is 12.3 Å². The highest BCUT2D eigenvalue weighted by molar-refractivity contribution is 5.97. The van der Waals surface area contributed by atoms with Gasteiger partial charge in [-0.1, -0.05) is 27.7 Å². The molecule has 0 bridgehead atoms. The summed E-state index contributed by atoms with van der Waals surface area (Å²) in [5.41, 5.74) is 2.48. The average molecular weight is 379 g/mol. The van der Waals surface area contributed by atoms with E-state index in [4.69, 9.17) is 14.2 Å². The number of carbonyl (C=O) groups excluding carboxylic acids is 2. The van der Waals surface area contributed by atoms with Gasteiger partial charge in [0, 0.05) is 18.8 Å². The normalized spacial score (nSPS) is 19.0. The summed E-state index contributed by atoms with van der Waals surface area (Å²) in [5, 5.41) is 0. The maximum Gasteiger partial charge on any atom is 0.514 e. The second-order valence-corrected chi connectivity index (χ2v) is 7.37. The zero-order valence-electron chi connectivity index (χ0n) is 15.9. The molecule has 0 saturated carbocycles. The van der Waals surface area contributed by atoms with Crippen LogP contribution >= 0.6 is 0 Å². The lowest BCUT2D eigenvalue weighted by Crippen LogP contribution is -2.59. The Morgan fingerprint density at radius 1 is 1.26 bits per heavy atom. The van der Waals surface area contributed by atoms with Crippen LogP contribution in [0.25, 0.3) is 0 Å². The Morgan fingerprint density at radius 2 is 1.96 bits per heavy atom. The van der Waals surface area contributed by atoms with Crippen molar-refractivity contribution < 1.29 is 23.8 Å². The van der Waals surface area contributed by atoms with Crippen LogP contribution in [-0.4, -0.2) is 53.7 Å². The van der Waals surface area contributed by atoms with E-state index in [2.05, 4.69) is 5.43 Å². The molecular weight excluding hydrogens is 354 g/mol. The summed E-state index contributed by atoms with van der Waals surface area (Å²) in [7, 11) is 0. The van der Waals surface area contributed by atoms with Crippen LogP contribution in [0, 0.1) is 11.8 Å². The quantitative estimate of drug-likeness (QED) is 0.790. The van der Waals surface area contributed by atoms with Crippen LogP contribution in [0.1, 0.15) is 38.2 Å². The number of hydrogen-bond acceptors (Lipinski definition) is 7. The third-order valence-corrected chi connectivity index (χ3v) is 4.67. The standard InChI is InChI=1S/C18H25N3O6/c1-10(2)15(11(3)4)26-18(24)27-16-12(22)5-6-21-14(16)17(23)20-7-8-25-9-13(20)19-21/h5-6,10-11,13,15,19H,7-9H2,1-4H3. The molecule has 2 aliphatic heterocycles. The molecule has 0 spiro atoms. The SMILES string of the molecule is CC(C)C(OC(=O)Oc1c2n(ccc1=O)NC1COCCN1C2=O)C(C)C. The van der Waals surface area contributed by atoms with Gasteiger partial charge in [-0.15, -0.1) is 0 Å². The molecule has 9 heteroatoms. The van der Waals surface area contributed by atoms with E-state index in [1.807, 2.05) is 27.7 Å². The third kappa shape index (κ3) is 3.78. The van der Waals surface area contributed by atoms with Crippen molar-refractivity contribution in [1.82, 2.24) is 9.58 Å². The van der Waals surface area contributed by atoms with Gasteiger partial charge in [-0.3, -0.25) is 14.3 Å². The van der Waals surface area contributed by atoms with Crippen LogP contribution in [0.2, 0.25) is 0 Å². The van der Waals surface area contributed by atoms with Gasteiger partial charge < -0.3 is 24.5 Å². The minimum absolute atomic E-state index is 0.0248. The van der Waals surface area contributed by atoms with E-state index in [0.29, 0.717) is 19.8 Å². The predicted molar refractivity (Wildman–Crippen MR) is 96.3 cm³/mol. The monoisotopic (exact) mass is 379 g/mol. The van der Waals surface area contributed by atoms with Crippen molar-refractivity contribution in [3.8, 4) is 5.75 Å². The molecule has 148 valence electrons. The molecule has 9 nitrogen and oxygen atoms in total. The molecule has 0 radical (unpaired) electrons. The number of aromatic nitrogens is 1. The highest BCUT2D eigenvalue weighted by Gasteiger charge is 2.37. The first-order valence-corrected chi connectivity index (χ1v) is 9.09. The molecule has 1 atom stereocenters. The summed E-state index contributed by atoms with van der Waals surface area (Å²) < 4.78 is 17.4. The fraction of sp³-hybridized carbons (Fsp3) is 0.611. The Balaban J connectivity index is 1.88. The van der Waals surface area contributed by atoms with Gasteiger partial charge in [0.2, 0.25) is 11.2 Å². The molecule has 0 aromatic carbocycles. The maximum absolute atomic E-state index is 12.9. The topological polar surface area (TPSA) is 99.1 Å². The first kappa shape index (κ1) is 19.2. The summed E-state index contributed by atoms with van der Waals surface area (Å²) in [6, 6.07) is 1.23. The summed E-state index contributed by atoms with van der Waals surface area (Å²) >= 11 is 0. The van der Waals surface area contributed by atoms with Gasteiger partial charge >= 0.3 is 6.16 Å². The average Bonchev–Trinajstić information content (AvgIpc) is 2.62. The minimum Gasteiger partial charge on any atom is -0.430 e. The highest BCUT2D eigenvalue weighted by atomic mass is 16.7. The van der Waals surface area contributed by atoms with E-state index in [9.17, 15) is 14.4 Å². The fourth-order valence-corrected chi connectivity index (χ4v) is 3.44. The Bertz CT molecular complexity index is 780. The molecule has 3 rings (SSSR count). The van der Waals surface area contributed by atoms with Crippen molar-refractivity contribution in [3.63, 3.8) is 0 Å². The number of fused-ring (bicyclic) bond motifs is 2. The summed E-state index contributed by atoms with van der Waals surface area (Å²) in [5.74, 6) is -0.565. The fourth-order valence-electron chi connectivity index (χ4n) is 3.44. The van der Waals surface area contributed by atoms with E-state index >= 15 is 0 Å². The number of hydrogen-bond donors (Lipinski definition) is 1. The van der Waals surface area contributed by atoms with Gasteiger partial charge in [-0.25, -0.2) is 4.79 Å². The predicted octanol–water partition coefficient (Wildman–Crippen LogP) is 1.40. The highest BCUT2D eigenvalue weighted by Crippen LogP contribution is 2.24. The Hall–Kier alpha value is -2.55. The zero-order valence-corrected chi connectivity index (χ0v) is 15.9. The number of nitrogens with zero attached hydrogens (tertiary/aromatic N) is 2.